The molecule has 2 N–H and O–H groups in total. The highest BCUT2D eigenvalue weighted by Crippen LogP contribution is 2.15. The van der Waals surface area contributed by atoms with E-state index < -0.39 is 0 Å². The summed E-state index contributed by atoms with van der Waals surface area (Å²) in [5.41, 5.74) is 3.90. The van der Waals surface area contributed by atoms with Crippen molar-refractivity contribution < 1.29 is 19.0 Å². The molecule has 1 fully saturated rings. The zero-order chi connectivity index (χ0) is 20.3. The number of benzene rings is 2. The van der Waals surface area contributed by atoms with Crippen molar-refractivity contribution in [1.82, 2.24) is 5.32 Å². The van der Waals surface area contributed by atoms with Gasteiger partial charge in [-0.05, 0) is 48.1 Å². The number of amides is 2. The summed E-state index contributed by atoms with van der Waals surface area (Å²) >= 11 is 0. The molecule has 0 aromatic heterocycles. The molecule has 3 rings (SSSR count). The van der Waals surface area contributed by atoms with Gasteiger partial charge in [-0.15, -0.1) is 0 Å². The summed E-state index contributed by atoms with van der Waals surface area (Å²) in [6.45, 7) is 3.00. The molecule has 0 aliphatic carbocycles. The van der Waals surface area contributed by atoms with Crippen molar-refractivity contribution in [3.8, 4) is 0 Å². The van der Waals surface area contributed by atoms with Crippen LogP contribution in [-0.4, -0.2) is 32.5 Å². The van der Waals surface area contributed by atoms with Gasteiger partial charge in [0.1, 0.15) is 0 Å². The molecule has 1 heterocycles. The third-order valence-electron chi connectivity index (χ3n) is 4.82. The fourth-order valence-electron chi connectivity index (χ4n) is 3.26. The third-order valence-corrected chi connectivity index (χ3v) is 4.82. The molecule has 156 valence electrons. The molecule has 2 amide bonds. The first-order valence-corrected chi connectivity index (χ1v) is 10.1. The summed E-state index contributed by atoms with van der Waals surface area (Å²) in [6, 6.07) is 15.4. The van der Waals surface area contributed by atoms with Crippen LogP contribution < -0.4 is 10.6 Å². The maximum atomic E-state index is 12.2. The van der Waals surface area contributed by atoms with E-state index in [9.17, 15) is 4.79 Å². The van der Waals surface area contributed by atoms with Gasteiger partial charge < -0.3 is 24.8 Å². The topological polar surface area (TPSA) is 68.8 Å². The van der Waals surface area contributed by atoms with Gasteiger partial charge in [0.15, 0.2) is 0 Å². The number of hydrogen-bond acceptors (Lipinski definition) is 4. The second-order valence-electron chi connectivity index (χ2n) is 7.26. The molecule has 2 aromatic rings. The van der Waals surface area contributed by atoms with E-state index in [1.54, 1.807) is 7.11 Å². The summed E-state index contributed by atoms with van der Waals surface area (Å²) in [6.07, 6.45) is 3.63. The number of hydrogen-bond donors (Lipinski definition) is 2. The molecular weight excluding hydrogens is 368 g/mol. The summed E-state index contributed by atoms with van der Waals surface area (Å²) < 4.78 is 16.6. The minimum atomic E-state index is -0.236. The largest absolute Gasteiger partial charge is 0.380 e. The van der Waals surface area contributed by atoms with E-state index in [1.165, 1.54) is 6.42 Å². The first kappa shape index (κ1) is 21.3. The van der Waals surface area contributed by atoms with Crippen LogP contribution in [-0.2, 0) is 34.0 Å². The lowest BCUT2D eigenvalue weighted by molar-refractivity contribution is -0.0447. The van der Waals surface area contributed by atoms with Gasteiger partial charge in [0.05, 0.1) is 25.9 Å². The van der Waals surface area contributed by atoms with E-state index in [0.29, 0.717) is 26.4 Å². The molecule has 29 heavy (non-hydrogen) atoms. The summed E-state index contributed by atoms with van der Waals surface area (Å²) in [5.74, 6) is 0. The minimum Gasteiger partial charge on any atom is -0.380 e. The molecule has 6 nitrogen and oxygen atoms in total. The van der Waals surface area contributed by atoms with Crippen molar-refractivity contribution in [2.75, 3.05) is 25.6 Å². The standard InChI is InChI=1S/C23H30N2O4/c1-27-15-19-10-8-18(9-11-19)14-24-23(26)25-21-6-4-5-20(13-21)16-28-17-22-7-2-3-12-29-22/h4-6,8-11,13,22H,2-3,7,12,14-17H2,1H3,(H2,24,25,26). The average Bonchev–Trinajstić information content (AvgIpc) is 2.75. The van der Waals surface area contributed by atoms with Crippen molar-refractivity contribution in [2.24, 2.45) is 0 Å². The number of anilines is 1. The van der Waals surface area contributed by atoms with Gasteiger partial charge >= 0.3 is 6.03 Å². The first-order valence-electron chi connectivity index (χ1n) is 10.1. The Labute approximate surface area is 172 Å². The highest BCUT2D eigenvalue weighted by atomic mass is 16.5. The predicted octanol–water partition coefficient (Wildman–Crippen LogP) is 4.24. The van der Waals surface area contributed by atoms with Crippen LogP contribution in [0.2, 0.25) is 0 Å². The Morgan fingerprint density at radius 2 is 1.90 bits per heavy atom. The van der Waals surface area contributed by atoms with Gasteiger partial charge in [0.25, 0.3) is 0 Å². The van der Waals surface area contributed by atoms with Crippen LogP contribution in [0.3, 0.4) is 0 Å². The van der Waals surface area contributed by atoms with E-state index in [-0.39, 0.29) is 12.1 Å². The SMILES string of the molecule is COCc1ccc(CNC(=O)Nc2cccc(COCC3CCCCO3)c2)cc1. The van der Waals surface area contributed by atoms with Gasteiger partial charge in [-0.1, -0.05) is 36.4 Å². The zero-order valence-electron chi connectivity index (χ0n) is 17.0. The second kappa shape index (κ2) is 11.6. The van der Waals surface area contributed by atoms with Crippen LogP contribution in [0.25, 0.3) is 0 Å². The van der Waals surface area contributed by atoms with Gasteiger partial charge in [0, 0.05) is 25.9 Å². The Kier molecular flexibility index (Phi) is 8.49. The van der Waals surface area contributed by atoms with E-state index in [1.807, 2.05) is 48.5 Å². The normalized spacial score (nSPS) is 16.4. The van der Waals surface area contributed by atoms with E-state index in [4.69, 9.17) is 14.2 Å². The Morgan fingerprint density at radius 3 is 2.66 bits per heavy atom. The number of methoxy groups -OCH3 is 1. The van der Waals surface area contributed by atoms with Crippen molar-refractivity contribution >= 4 is 11.7 Å². The van der Waals surface area contributed by atoms with Crippen LogP contribution in [0.4, 0.5) is 10.5 Å². The highest BCUT2D eigenvalue weighted by Gasteiger charge is 2.13. The molecule has 1 atom stereocenters. The minimum absolute atomic E-state index is 0.208. The maximum absolute atomic E-state index is 12.2. The summed E-state index contributed by atoms with van der Waals surface area (Å²) in [4.78, 5) is 12.2. The molecule has 6 heteroatoms. The van der Waals surface area contributed by atoms with Crippen molar-refractivity contribution in [3.63, 3.8) is 0 Å². The number of ether oxygens (including phenoxy) is 3. The Bertz CT molecular complexity index is 758. The van der Waals surface area contributed by atoms with Crippen LogP contribution in [0.15, 0.2) is 48.5 Å². The lowest BCUT2D eigenvalue weighted by Gasteiger charge is -2.22. The van der Waals surface area contributed by atoms with E-state index in [2.05, 4.69) is 10.6 Å². The smallest absolute Gasteiger partial charge is 0.319 e. The lowest BCUT2D eigenvalue weighted by Crippen LogP contribution is -2.28. The number of carbonyl (C=O) groups is 1. The van der Waals surface area contributed by atoms with Crippen molar-refractivity contribution in [1.29, 1.82) is 0 Å². The molecule has 0 radical (unpaired) electrons. The van der Waals surface area contributed by atoms with Crippen LogP contribution in [0.5, 0.6) is 0 Å². The van der Waals surface area contributed by atoms with Gasteiger partial charge in [0.2, 0.25) is 0 Å². The third kappa shape index (κ3) is 7.49. The monoisotopic (exact) mass is 398 g/mol. The fourth-order valence-corrected chi connectivity index (χ4v) is 3.26. The number of urea groups is 1. The van der Waals surface area contributed by atoms with E-state index in [0.717, 1.165) is 41.8 Å². The molecule has 1 saturated heterocycles. The molecule has 1 aliphatic heterocycles. The van der Waals surface area contributed by atoms with Gasteiger partial charge in [-0.25, -0.2) is 4.79 Å². The van der Waals surface area contributed by atoms with Gasteiger partial charge in [-0.3, -0.25) is 0 Å². The zero-order valence-corrected chi connectivity index (χ0v) is 17.0. The molecule has 2 aromatic carbocycles. The number of rotatable bonds is 9. The molecule has 1 aliphatic rings. The number of carbonyl (C=O) groups excluding carboxylic acids is 1. The predicted molar refractivity (Wildman–Crippen MR) is 113 cm³/mol. The average molecular weight is 399 g/mol. The molecule has 0 saturated carbocycles. The summed E-state index contributed by atoms with van der Waals surface area (Å²) in [7, 11) is 1.67. The quantitative estimate of drug-likeness (QED) is 0.663. The van der Waals surface area contributed by atoms with Gasteiger partial charge in [-0.2, -0.15) is 0 Å². The Hall–Kier alpha value is -2.41. The molecule has 0 spiro atoms. The van der Waals surface area contributed by atoms with Crippen molar-refractivity contribution in [3.05, 3.63) is 65.2 Å². The van der Waals surface area contributed by atoms with Crippen LogP contribution in [0, 0.1) is 0 Å². The van der Waals surface area contributed by atoms with E-state index >= 15 is 0 Å². The van der Waals surface area contributed by atoms with Crippen molar-refractivity contribution in [2.45, 2.75) is 45.1 Å². The second-order valence-corrected chi connectivity index (χ2v) is 7.26. The van der Waals surface area contributed by atoms with Crippen LogP contribution in [0.1, 0.15) is 36.0 Å². The molecular formula is C23H30N2O4. The lowest BCUT2D eigenvalue weighted by atomic mass is 10.1. The fraction of sp³-hybridized carbons (Fsp3) is 0.435. The Balaban J connectivity index is 1.40. The first-order chi connectivity index (χ1) is 14.2. The highest BCUT2D eigenvalue weighted by molar-refractivity contribution is 5.89. The molecule has 1 unspecified atom stereocenters. The summed E-state index contributed by atoms with van der Waals surface area (Å²) in [5, 5.41) is 5.75. The molecule has 0 bridgehead atoms. The Morgan fingerprint density at radius 1 is 1.07 bits per heavy atom. The maximum Gasteiger partial charge on any atom is 0.319 e. The number of nitrogens with one attached hydrogen (secondary N) is 2. The van der Waals surface area contributed by atoms with Crippen LogP contribution >= 0.6 is 0 Å².